The zero-order valence-corrected chi connectivity index (χ0v) is 15.4. The third-order valence-electron chi connectivity index (χ3n) is 4.93. The van der Waals surface area contributed by atoms with Crippen LogP contribution in [0, 0.1) is 18.6 Å². The fraction of sp³-hybridized carbons (Fsp3) is 0.0455. The van der Waals surface area contributed by atoms with Gasteiger partial charge in [0.15, 0.2) is 0 Å². The van der Waals surface area contributed by atoms with Crippen LogP contribution in [0.3, 0.4) is 0 Å². The van der Waals surface area contributed by atoms with Gasteiger partial charge in [-0.1, -0.05) is 12.1 Å². The highest BCUT2D eigenvalue weighted by Gasteiger charge is 2.12. The molecule has 1 N–H and O–H groups in total. The first-order valence-electron chi connectivity index (χ1n) is 8.99. The van der Waals surface area contributed by atoms with Crippen molar-refractivity contribution in [1.82, 2.24) is 25.0 Å². The van der Waals surface area contributed by atoms with E-state index < -0.39 is 11.6 Å². The summed E-state index contributed by atoms with van der Waals surface area (Å²) in [6, 6.07) is 11.4. The van der Waals surface area contributed by atoms with Crippen LogP contribution in [0.4, 0.5) is 8.78 Å². The summed E-state index contributed by atoms with van der Waals surface area (Å²) >= 11 is 0. The molecule has 0 atom stereocenters. The van der Waals surface area contributed by atoms with E-state index in [4.69, 9.17) is 0 Å². The van der Waals surface area contributed by atoms with Crippen LogP contribution in [0.15, 0.2) is 67.3 Å². The number of aryl methyl sites for hydroxylation is 1. The number of halogens is 2. The molecule has 142 valence electrons. The molecule has 0 aliphatic carbocycles. The van der Waals surface area contributed by atoms with Gasteiger partial charge in [0.25, 0.3) is 0 Å². The third-order valence-corrected chi connectivity index (χ3v) is 4.93. The number of hydrogen-bond donors (Lipinski definition) is 1. The molecular formula is C22H15F2N5. The zero-order chi connectivity index (χ0) is 20.0. The second-order valence-electron chi connectivity index (χ2n) is 6.85. The van der Waals surface area contributed by atoms with E-state index in [0.717, 1.165) is 33.7 Å². The van der Waals surface area contributed by atoms with Crippen LogP contribution in [-0.2, 0) is 0 Å². The van der Waals surface area contributed by atoms with Gasteiger partial charge in [-0.15, -0.1) is 0 Å². The van der Waals surface area contributed by atoms with E-state index in [2.05, 4.69) is 20.4 Å². The average Bonchev–Trinajstić information content (AvgIpc) is 3.38. The minimum atomic E-state index is -0.599. The number of aromatic nitrogens is 5. The number of pyridine rings is 1. The van der Waals surface area contributed by atoms with Crippen LogP contribution in [-0.4, -0.2) is 25.0 Å². The fourth-order valence-corrected chi connectivity index (χ4v) is 3.43. The number of rotatable bonds is 3. The van der Waals surface area contributed by atoms with Crippen LogP contribution >= 0.6 is 0 Å². The van der Waals surface area contributed by atoms with Crippen molar-refractivity contribution in [3.63, 3.8) is 0 Å². The van der Waals surface area contributed by atoms with Crippen molar-refractivity contribution in [2.45, 2.75) is 6.92 Å². The first-order chi connectivity index (χ1) is 14.1. The van der Waals surface area contributed by atoms with Gasteiger partial charge in [0.2, 0.25) is 0 Å². The first kappa shape index (κ1) is 17.2. The summed E-state index contributed by atoms with van der Waals surface area (Å²) in [5, 5.41) is 12.6. The highest BCUT2D eigenvalue weighted by molar-refractivity contribution is 5.87. The molecule has 0 saturated carbocycles. The molecule has 5 aromatic rings. The SMILES string of the molecule is Cc1cnc(-n2cc3ccc(-c4cn[nH]n4)cc3c2)cc1-c1ccc(F)cc1F. The molecule has 7 heteroatoms. The topological polar surface area (TPSA) is 59.4 Å². The maximum absolute atomic E-state index is 14.3. The van der Waals surface area contributed by atoms with Gasteiger partial charge in [0, 0.05) is 41.2 Å². The largest absolute Gasteiger partial charge is 0.307 e. The van der Waals surface area contributed by atoms with Gasteiger partial charge in [-0.05, 0) is 47.7 Å². The van der Waals surface area contributed by atoms with Crippen molar-refractivity contribution in [3.8, 4) is 28.2 Å². The Hall–Kier alpha value is -3.87. The number of aromatic amines is 1. The second-order valence-corrected chi connectivity index (χ2v) is 6.85. The van der Waals surface area contributed by atoms with E-state index in [1.807, 2.05) is 48.1 Å². The Kier molecular flexibility index (Phi) is 3.94. The number of benzene rings is 2. The van der Waals surface area contributed by atoms with Crippen LogP contribution < -0.4 is 0 Å². The second kappa shape index (κ2) is 6.63. The van der Waals surface area contributed by atoms with Gasteiger partial charge in [-0.2, -0.15) is 15.4 Å². The van der Waals surface area contributed by atoms with Gasteiger partial charge in [-0.3, -0.25) is 0 Å². The van der Waals surface area contributed by atoms with Crippen LogP contribution in [0.2, 0.25) is 0 Å². The highest BCUT2D eigenvalue weighted by Crippen LogP contribution is 2.29. The lowest BCUT2D eigenvalue weighted by atomic mass is 10.0. The molecule has 5 rings (SSSR count). The van der Waals surface area contributed by atoms with Gasteiger partial charge >= 0.3 is 0 Å². The van der Waals surface area contributed by atoms with Crippen molar-refractivity contribution >= 4 is 10.8 Å². The van der Waals surface area contributed by atoms with E-state index in [0.29, 0.717) is 16.9 Å². The van der Waals surface area contributed by atoms with Gasteiger partial charge in [0.1, 0.15) is 23.1 Å². The number of H-pyrrole nitrogens is 1. The van der Waals surface area contributed by atoms with E-state index in [1.54, 1.807) is 12.4 Å². The van der Waals surface area contributed by atoms with Gasteiger partial charge in [0.05, 0.1) is 6.20 Å². The van der Waals surface area contributed by atoms with Crippen LogP contribution in [0.25, 0.3) is 39.0 Å². The normalized spacial score (nSPS) is 11.3. The summed E-state index contributed by atoms with van der Waals surface area (Å²) in [4.78, 5) is 4.49. The summed E-state index contributed by atoms with van der Waals surface area (Å²) in [5.74, 6) is -0.550. The molecule has 0 fully saturated rings. The van der Waals surface area contributed by atoms with E-state index in [-0.39, 0.29) is 0 Å². The Labute approximate surface area is 164 Å². The fourth-order valence-electron chi connectivity index (χ4n) is 3.43. The molecule has 3 heterocycles. The van der Waals surface area contributed by atoms with E-state index in [9.17, 15) is 8.78 Å². The molecule has 5 nitrogen and oxygen atoms in total. The van der Waals surface area contributed by atoms with Crippen molar-refractivity contribution in [3.05, 3.63) is 84.4 Å². The summed E-state index contributed by atoms with van der Waals surface area (Å²) in [7, 11) is 0. The first-order valence-corrected chi connectivity index (χ1v) is 8.99. The lowest BCUT2D eigenvalue weighted by Crippen LogP contribution is -1.97. The summed E-state index contributed by atoms with van der Waals surface area (Å²) < 4.78 is 29.5. The average molecular weight is 387 g/mol. The zero-order valence-electron chi connectivity index (χ0n) is 15.4. The molecule has 0 amide bonds. The predicted octanol–water partition coefficient (Wildman–Crippen LogP) is 5.06. The van der Waals surface area contributed by atoms with Crippen molar-refractivity contribution < 1.29 is 8.78 Å². The Bertz CT molecular complexity index is 1340. The Balaban J connectivity index is 1.59. The van der Waals surface area contributed by atoms with Crippen LogP contribution in [0.5, 0.6) is 0 Å². The standard InChI is InChI=1S/C22H15F2N5/c1-13-9-25-22(8-19(13)18-5-4-17(23)7-20(18)24)29-11-15-3-2-14(6-16(15)12-29)21-10-26-28-27-21/h2-12H,1H3,(H,26,27,28). The minimum absolute atomic E-state index is 0.345. The van der Waals surface area contributed by atoms with Gasteiger partial charge in [-0.25, -0.2) is 13.8 Å². The van der Waals surface area contributed by atoms with Crippen molar-refractivity contribution in [2.75, 3.05) is 0 Å². The molecule has 0 radical (unpaired) electrons. The lowest BCUT2D eigenvalue weighted by molar-refractivity contribution is 0.585. The van der Waals surface area contributed by atoms with Crippen LogP contribution in [0.1, 0.15) is 5.56 Å². The number of nitrogens with zero attached hydrogens (tertiary/aromatic N) is 4. The quantitative estimate of drug-likeness (QED) is 0.470. The molecule has 3 aromatic heterocycles. The Morgan fingerprint density at radius 1 is 0.897 bits per heavy atom. The van der Waals surface area contributed by atoms with E-state index in [1.165, 1.54) is 12.1 Å². The Morgan fingerprint density at radius 2 is 1.76 bits per heavy atom. The van der Waals surface area contributed by atoms with Crippen molar-refractivity contribution in [1.29, 1.82) is 0 Å². The molecule has 2 aromatic carbocycles. The highest BCUT2D eigenvalue weighted by atomic mass is 19.1. The molecule has 0 aliphatic heterocycles. The number of fused-ring (bicyclic) bond motifs is 1. The summed E-state index contributed by atoms with van der Waals surface area (Å²) in [5.41, 5.74) is 3.55. The summed E-state index contributed by atoms with van der Waals surface area (Å²) in [6.45, 7) is 1.85. The molecule has 0 aliphatic rings. The maximum Gasteiger partial charge on any atom is 0.137 e. The minimum Gasteiger partial charge on any atom is -0.307 e. The van der Waals surface area contributed by atoms with Gasteiger partial charge < -0.3 is 4.57 Å². The molecule has 0 spiro atoms. The monoisotopic (exact) mass is 387 g/mol. The maximum atomic E-state index is 14.3. The third kappa shape index (κ3) is 3.06. The number of hydrogen-bond acceptors (Lipinski definition) is 3. The lowest BCUT2D eigenvalue weighted by Gasteiger charge is -2.10. The summed E-state index contributed by atoms with van der Waals surface area (Å²) in [6.07, 6.45) is 7.29. The molecule has 0 unspecified atom stereocenters. The molecule has 29 heavy (non-hydrogen) atoms. The Morgan fingerprint density at radius 3 is 2.55 bits per heavy atom. The molecular weight excluding hydrogens is 372 g/mol. The smallest absolute Gasteiger partial charge is 0.137 e. The van der Waals surface area contributed by atoms with Crippen molar-refractivity contribution in [2.24, 2.45) is 0 Å². The molecule has 0 saturated heterocycles. The predicted molar refractivity (Wildman–Crippen MR) is 107 cm³/mol. The number of nitrogens with one attached hydrogen (secondary N) is 1. The molecule has 0 bridgehead atoms. The van der Waals surface area contributed by atoms with E-state index >= 15 is 0 Å².